The van der Waals surface area contributed by atoms with E-state index in [4.69, 9.17) is 16.7 Å². The predicted molar refractivity (Wildman–Crippen MR) is 107 cm³/mol. The molecule has 0 spiro atoms. The molecule has 2 amide bonds. The number of hydrogen-bond donors (Lipinski definition) is 1. The van der Waals surface area contributed by atoms with E-state index in [2.05, 4.69) is 20.4 Å². The number of aromatic nitrogens is 4. The second-order valence-electron chi connectivity index (χ2n) is 7.33. The van der Waals surface area contributed by atoms with E-state index in [-0.39, 0.29) is 11.1 Å². The van der Waals surface area contributed by atoms with Crippen LogP contribution in [0.4, 0.5) is 20.7 Å². The molecular formula is C19H19ClFN7O. The summed E-state index contributed by atoms with van der Waals surface area (Å²) in [6.45, 7) is 2.43. The summed E-state index contributed by atoms with van der Waals surface area (Å²) in [5.74, 6) is 1.73. The van der Waals surface area contributed by atoms with Crippen LogP contribution >= 0.6 is 11.6 Å². The highest BCUT2D eigenvalue weighted by Gasteiger charge is 2.30. The number of anilines is 2. The van der Waals surface area contributed by atoms with Crippen LogP contribution in [0.15, 0.2) is 30.3 Å². The summed E-state index contributed by atoms with van der Waals surface area (Å²) in [6.07, 6.45) is 2.28. The number of nitrogens with one attached hydrogen (secondary N) is 1. The van der Waals surface area contributed by atoms with Gasteiger partial charge in [0.25, 0.3) is 0 Å². The molecule has 0 bridgehead atoms. The molecular weight excluding hydrogens is 397 g/mol. The molecule has 8 nitrogen and oxygen atoms in total. The normalized spacial score (nSPS) is 17.0. The van der Waals surface area contributed by atoms with Crippen molar-refractivity contribution in [3.05, 3.63) is 47.0 Å². The van der Waals surface area contributed by atoms with Gasteiger partial charge < -0.3 is 15.1 Å². The fraction of sp³-hybridized carbons (Fsp3) is 0.368. The van der Waals surface area contributed by atoms with Crippen LogP contribution in [0.1, 0.15) is 24.6 Å². The molecule has 150 valence electrons. The summed E-state index contributed by atoms with van der Waals surface area (Å²) in [4.78, 5) is 16.4. The highest BCUT2D eigenvalue weighted by Crippen LogP contribution is 2.38. The van der Waals surface area contributed by atoms with Crippen LogP contribution in [-0.4, -0.2) is 56.9 Å². The second kappa shape index (κ2) is 7.14. The first-order valence-electron chi connectivity index (χ1n) is 9.57. The number of carbonyl (C=O) groups is 1. The zero-order valence-electron chi connectivity index (χ0n) is 15.6. The molecule has 0 radical (unpaired) electrons. The van der Waals surface area contributed by atoms with Crippen LogP contribution < -0.4 is 10.2 Å². The van der Waals surface area contributed by atoms with Crippen molar-refractivity contribution in [1.29, 1.82) is 0 Å². The van der Waals surface area contributed by atoms with E-state index in [1.165, 1.54) is 18.2 Å². The first-order chi connectivity index (χ1) is 14.1. The van der Waals surface area contributed by atoms with Gasteiger partial charge in [-0.3, -0.25) is 0 Å². The van der Waals surface area contributed by atoms with Gasteiger partial charge in [-0.2, -0.15) is 4.52 Å². The van der Waals surface area contributed by atoms with Crippen molar-refractivity contribution in [3.63, 3.8) is 0 Å². The predicted octanol–water partition coefficient (Wildman–Crippen LogP) is 3.15. The van der Waals surface area contributed by atoms with Crippen molar-refractivity contribution in [2.75, 3.05) is 36.4 Å². The first kappa shape index (κ1) is 18.1. The number of rotatable bonds is 3. The topological polar surface area (TPSA) is 78.7 Å². The van der Waals surface area contributed by atoms with Gasteiger partial charge >= 0.3 is 6.03 Å². The molecule has 10 heteroatoms. The van der Waals surface area contributed by atoms with E-state index in [1.807, 2.05) is 16.6 Å². The van der Waals surface area contributed by atoms with Crippen LogP contribution in [0.2, 0.25) is 5.02 Å². The van der Waals surface area contributed by atoms with Gasteiger partial charge in [0.1, 0.15) is 11.6 Å². The number of nitrogens with zero attached hydrogens (tertiary/aromatic N) is 6. The highest BCUT2D eigenvalue weighted by molar-refractivity contribution is 6.31. The second-order valence-corrected chi connectivity index (χ2v) is 7.73. The van der Waals surface area contributed by atoms with E-state index in [1.54, 1.807) is 4.90 Å². The van der Waals surface area contributed by atoms with Gasteiger partial charge in [-0.1, -0.05) is 11.6 Å². The molecule has 1 saturated carbocycles. The standard InChI is InChI=1S/C19H19ClFN7O/c20-14-11-13(3-4-15(14)21)22-19(29)27-9-7-26(8-10-27)17-6-5-16-23-24-18(12-1-2-12)28(16)25-17/h3-6,11-12H,1-2,7-10H2,(H,22,29). The van der Waals surface area contributed by atoms with Crippen LogP contribution in [0.3, 0.4) is 0 Å². The summed E-state index contributed by atoms with van der Waals surface area (Å²) in [6, 6.07) is 7.77. The molecule has 3 aromatic rings. The molecule has 1 aromatic carbocycles. The Morgan fingerprint density at radius 3 is 2.62 bits per heavy atom. The van der Waals surface area contributed by atoms with Gasteiger partial charge in [-0.25, -0.2) is 9.18 Å². The molecule has 1 N–H and O–H groups in total. The fourth-order valence-electron chi connectivity index (χ4n) is 3.48. The Bertz CT molecular complexity index is 1080. The van der Waals surface area contributed by atoms with Gasteiger partial charge in [-0.15, -0.1) is 15.3 Å². The third-order valence-electron chi connectivity index (χ3n) is 5.28. The number of halogens is 2. The quantitative estimate of drug-likeness (QED) is 0.711. The van der Waals surface area contributed by atoms with Gasteiger partial charge in [0.05, 0.1) is 5.02 Å². The van der Waals surface area contributed by atoms with Crippen molar-refractivity contribution in [2.45, 2.75) is 18.8 Å². The van der Waals surface area contributed by atoms with Gasteiger partial charge in [0, 0.05) is 37.8 Å². The summed E-state index contributed by atoms with van der Waals surface area (Å²) < 4.78 is 15.1. The number of piperazine rings is 1. The maximum absolute atomic E-state index is 13.3. The van der Waals surface area contributed by atoms with Crippen LogP contribution in [0.25, 0.3) is 5.65 Å². The van der Waals surface area contributed by atoms with Crippen molar-refractivity contribution < 1.29 is 9.18 Å². The van der Waals surface area contributed by atoms with E-state index in [0.29, 0.717) is 37.8 Å². The number of amides is 2. The van der Waals surface area contributed by atoms with Crippen molar-refractivity contribution in [3.8, 4) is 0 Å². The fourth-order valence-corrected chi connectivity index (χ4v) is 3.66. The molecule has 1 aliphatic heterocycles. The lowest BCUT2D eigenvalue weighted by molar-refractivity contribution is 0.208. The molecule has 0 atom stereocenters. The van der Waals surface area contributed by atoms with Crippen molar-refractivity contribution in [1.82, 2.24) is 24.7 Å². The Labute approximate surface area is 171 Å². The lowest BCUT2D eigenvalue weighted by Crippen LogP contribution is -2.50. The smallest absolute Gasteiger partial charge is 0.321 e. The Balaban J connectivity index is 1.24. The van der Waals surface area contributed by atoms with E-state index < -0.39 is 5.82 Å². The number of carbonyl (C=O) groups excluding carboxylic acids is 1. The van der Waals surface area contributed by atoms with Gasteiger partial charge in [0.15, 0.2) is 11.5 Å². The minimum Gasteiger partial charge on any atom is -0.352 e. The number of urea groups is 1. The van der Waals surface area contributed by atoms with E-state index in [9.17, 15) is 9.18 Å². The molecule has 2 fully saturated rings. The zero-order valence-corrected chi connectivity index (χ0v) is 16.3. The third kappa shape index (κ3) is 3.57. The molecule has 1 saturated heterocycles. The van der Waals surface area contributed by atoms with E-state index in [0.717, 1.165) is 30.1 Å². The van der Waals surface area contributed by atoms with Gasteiger partial charge in [-0.05, 0) is 43.2 Å². The maximum Gasteiger partial charge on any atom is 0.321 e. The molecule has 2 aliphatic rings. The SMILES string of the molecule is O=C(Nc1ccc(F)c(Cl)c1)N1CCN(c2ccc3nnc(C4CC4)n3n2)CC1. The zero-order chi connectivity index (χ0) is 20.0. The summed E-state index contributed by atoms with van der Waals surface area (Å²) in [5, 5.41) is 15.9. The number of fused-ring (bicyclic) bond motifs is 1. The van der Waals surface area contributed by atoms with Crippen LogP contribution in [0.5, 0.6) is 0 Å². The summed E-state index contributed by atoms with van der Waals surface area (Å²) >= 11 is 5.77. The summed E-state index contributed by atoms with van der Waals surface area (Å²) in [5.41, 5.74) is 1.22. The Morgan fingerprint density at radius 1 is 1.10 bits per heavy atom. The average molecular weight is 416 g/mol. The average Bonchev–Trinajstić information content (AvgIpc) is 3.49. The number of hydrogen-bond acceptors (Lipinski definition) is 5. The summed E-state index contributed by atoms with van der Waals surface area (Å²) in [7, 11) is 0. The molecule has 3 heterocycles. The highest BCUT2D eigenvalue weighted by atomic mass is 35.5. The lowest BCUT2D eigenvalue weighted by Gasteiger charge is -2.35. The largest absolute Gasteiger partial charge is 0.352 e. The minimum atomic E-state index is -0.513. The Hall–Kier alpha value is -2.94. The minimum absolute atomic E-state index is 0.0198. The third-order valence-corrected chi connectivity index (χ3v) is 5.57. The van der Waals surface area contributed by atoms with Gasteiger partial charge in [0.2, 0.25) is 0 Å². The molecule has 0 unspecified atom stereocenters. The molecule has 2 aromatic heterocycles. The monoisotopic (exact) mass is 415 g/mol. The number of benzene rings is 1. The van der Waals surface area contributed by atoms with Crippen molar-refractivity contribution in [2.24, 2.45) is 0 Å². The lowest BCUT2D eigenvalue weighted by atomic mass is 10.3. The van der Waals surface area contributed by atoms with E-state index >= 15 is 0 Å². The van der Waals surface area contributed by atoms with Crippen LogP contribution in [-0.2, 0) is 0 Å². The van der Waals surface area contributed by atoms with Crippen molar-refractivity contribution >= 4 is 34.8 Å². The first-order valence-corrected chi connectivity index (χ1v) is 9.94. The molecule has 29 heavy (non-hydrogen) atoms. The Morgan fingerprint density at radius 2 is 1.90 bits per heavy atom. The molecule has 5 rings (SSSR count). The maximum atomic E-state index is 13.3. The molecule has 1 aliphatic carbocycles. The van der Waals surface area contributed by atoms with Crippen LogP contribution in [0, 0.1) is 5.82 Å². The Kier molecular flexibility index (Phi) is 4.46.